The first-order valence-corrected chi connectivity index (χ1v) is 11.9. The molecule has 0 bridgehead atoms. The van der Waals surface area contributed by atoms with Gasteiger partial charge in [-0.25, -0.2) is 14.3 Å². The van der Waals surface area contributed by atoms with Gasteiger partial charge in [-0.05, 0) is 24.1 Å². The fourth-order valence-corrected chi connectivity index (χ4v) is 5.23. The number of aromatic nitrogens is 2. The molecule has 0 spiro atoms. The van der Waals surface area contributed by atoms with Crippen LogP contribution in [0, 0.1) is 0 Å². The number of hydrogen-bond acceptors (Lipinski definition) is 4. The van der Waals surface area contributed by atoms with Crippen LogP contribution in [-0.2, 0) is 4.79 Å². The van der Waals surface area contributed by atoms with E-state index >= 15 is 0 Å². The lowest BCUT2D eigenvalue weighted by Gasteiger charge is -2.46. The van der Waals surface area contributed by atoms with Crippen LogP contribution in [0.3, 0.4) is 0 Å². The molecule has 178 valence electrons. The number of anilines is 1. The molecule has 2 aromatic carbocycles. The molecule has 1 saturated carbocycles. The number of benzene rings is 2. The fraction of sp³-hybridized carbons (Fsp3) is 0.308. The highest BCUT2D eigenvalue weighted by Crippen LogP contribution is 2.46. The summed E-state index contributed by atoms with van der Waals surface area (Å²) in [6.45, 7) is 1.13. The summed E-state index contributed by atoms with van der Waals surface area (Å²) in [4.78, 5) is 44.2. The Morgan fingerprint density at radius 1 is 0.943 bits per heavy atom. The van der Waals surface area contributed by atoms with Gasteiger partial charge in [0.15, 0.2) is 0 Å². The van der Waals surface area contributed by atoms with Gasteiger partial charge in [-0.15, -0.1) is 0 Å². The normalized spacial score (nSPS) is 23.8. The Labute approximate surface area is 202 Å². The average molecular weight is 471 g/mol. The fourth-order valence-electron chi connectivity index (χ4n) is 5.23. The Kier molecular flexibility index (Phi) is 5.24. The van der Waals surface area contributed by atoms with Gasteiger partial charge in [-0.3, -0.25) is 15.0 Å². The first kappa shape index (κ1) is 21.4. The zero-order valence-electron chi connectivity index (χ0n) is 19.2. The Morgan fingerprint density at radius 3 is 2.46 bits per heavy atom. The molecule has 1 aromatic heterocycles. The Morgan fingerprint density at radius 2 is 1.69 bits per heavy atom. The van der Waals surface area contributed by atoms with Crippen molar-refractivity contribution >= 4 is 23.8 Å². The van der Waals surface area contributed by atoms with E-state index in [1.165, 1.54) is 4.90 Å². The quantitative estimate of drug-likeness (QED) is 0.634. The number of piperazine rings is 1. The molecule has 5 amide bonds. The summed E-state index contributed by atoms with van der Waals surface area (Å²) in [7, 11) is 0. The van der Waals surface area contributed by atoms with Crippen molar-refractivity contribution in [1.82, 2.24) is 24.5 Å². The van der Waals surface area contributed by atoms with Gasteiger partial charge < -0.3 is 9.80 Å². The molecule has 2 saturated heterocycles. The number of para-hydroxylation sites is 1. The maximum Gasteiger partial charge on any atom is 0.327 e. The molecule has 0 radical (unpaired) electrons. The summed E-state index contributed by atoms with van der Waals surface area (Å²) in [6.07, 6.45) is 2.67. The van der Waals surface area contributed by atoms with Gasteiger partial charge in [0.25, 0.3) is 0 Å². The lowest BCUT2D eigenvalue weighted by Crippen LogP contribution is -2.65. The van der Waals surface area contributed by atoms with E-state index in [-0.39, 0.29) is 42.4 Å². The second-order valence-corrected chi connectivity index (χ2v) is 9.26. The number of imide groups is 1. The molecule has 1 aliphatic carbocycles. The molecule has 1 unspecified atom stereocenters. The molecule has 1 N–H and O–H groups in total. The topological polar surface area (TPSA) is 90.8 Å². The van der Waals surface area contributed by atoms with E-state index in [0.717, 1.165) is 17.7 Å². The maximum absolute atomic E-state index is 13.3. The molecular formula is C26H26N6O3. The van der Waals surface area contributed by atoms with Crippen LogP contribution in [-0.4, -0.2) is 74.2 Å². The first-order valence-electron chi connectivity index (χ1n) is 11.9. The van der Waals surface area contributed by atoms with Crippen LogP contribution in [0.1, 0.15) is 24.3 Å². The van der Waals surface area contributed by atoms with E-state index in [2.05, 4.69) is 10.4 Å². The van der Waals surface area contributed by atoms with Crippen LogP contribution in [0.15, 0.2) is 72.9 Å². The minimum atomic E-state index is -0.307. The van der Waals surface area contributed by atoms with Crippen LogP contribution in [0.4, 0.5) is 15.4 Å². The smallest absolute Gasteiger partial charge is 0.321 e. The maximum atomic E-state index is 13.3. The number of hydrogen-bond donors (Lipinski definition) is 1. The molecule has 3 aliphatic rings. The van der Waals surface area contributed by atoms with Gasteiger partial charge in [0, 0.05) is 44.1 Å². The summed E-state index contributed by atoms with van der Waals surface area (Å²) in [5.41, 5.74) is 2.01. The highest BCUT2D eigenvalue weighted by molar-refractivity contribution is 5.98. The third-order valence-electron chi connectivity index (χ3n) is 7.10. The monoisotopic (exact) mass is 470 g/mol. The number of nitrogens with one attached hydrogen (secondary N) is 1. The third kappa shape index (κ3) is 3.92. The minimum absolute atomic E-state index is 0.0713. The van der Waals surface area contributed by atoms with E-state index in [1.54, 1.807) is 26.7 Å². The minimum Gasteiger partial charge on any atom is -0.321 e. The molecule has 35 heavy (non-hydrogen) atoms. The highest BCUT2D eigenvalue weighted by Gasteiger charge is 2.52. The van der Waals surface area contributed by atoms with Gasteiger partial charge in [-0.1, -0.05) is 48.5 Å². The molecular weight excluding hydrogens is 444 g/mol. The van der Waals surface area contributed by atoms with Crippen molar-refractivity contribution in [1.29, 1.82) is 0 Å². The molecule has 3 fully saturated rings. The van der Waals surface area contributed by atoms with Crippen molar-refractivity contribution in [3.05, 3.63) is 78.5 Å². The number of fused-ring (bicyclic) bond motifs is 1. The Hall–Kier alpha value is -4.14. The standard InChI is InChI=1S/C26H26N6O3/c33-24-15-20-17-29(25(34)28-23-11-12-27-32(23)19-9-5-2-6-10-19)13-14-30(20)26(35)31(24)22-16-21(22)18-7-3-1-4-8-18/h1-12,20-22H,13-17H2,(H,28,34)/t20?,21-,22+/m1/s1. The molecule has 3 atom stereocenters. The number of nitrogens with zero attached hydrogens (tertiary/aromatic N) is 5. The molecule has 3 aromatic rings. The number of carbonyl (C=O) groups is 3. The predicted molar refractivity (Wildman–Crippen MR) is 129 cm³/mol. The van der Waals surface area contributed by atoms with Crippen LogP contribution < -0.4 is 5.32 Å². The van der Waals surface area contributed by atoms with Gasteiger partial charge in [0.1, 0.15) is 5.82 Å². The van der Waals surface area contributed by atoms with Crippen LogP contribution in [0.2, 0.25) is 0 Å². The van der Waals surface area contributed by atoms with E-state index in [0.29, 0.717) is 25.5 Å². The summed E-state index contributed by atoms with van der Waals surface area (Å²) < 4.78 is 1.67. The summed E-state index contributed by atoms with van der Waals surface area (Å²) >= 11 is 0. The van der Waals surface area contributed by atoms with Crippen molar-refractivity contribution in [2.24, 2.45) is 0 Å². The molecule has 9 heteroatoms. The van der Waals surface area contributed by atoms with Crippen molar-refractivity contribution in [3.8, 4) is 5.69 Å². The van der Waals surface area contributed by atoms with Crippen LogP contribution in [0.25, 0.3) is 5.69 Å². The zero-order valence-corrected chi connectivity index (χ0v) is 19.2. The van der Waals surface area contributed by atoms with E-state index in [4.69, 9.17) is 0 Å². The van der Waals surface area contributed by atoms with E-state index in [9.17, 15) is 14.4 Å². The molecule has 2 aliphatic heterocycles. The van der Waals surface area contributed by atoms with Crippen molar-refractivity contribution in [3.63, 3.8) is 0 Å². The predicted octanol–water partition coefficient (Wildman–Crippen LogP) is 3.30. The number of amides is 5. The molecule has 3 heterocycles. The largest absolute Gasteiger partial charge is 0.327 e. The van der Waals surface area contributed by atoms with E-state index in [1.807, 2.05) is 60.7 Å². The number of rotatable bonds is 4. The van der Waals surface area contributed by atoms with Gasteiger partial charge >= 0.3 is 12.1 Å². The van der Waals surface area contributed by atoms with Gasteiger partial charge in [-0.2, -0.15) is 5.10 Å². The van der Waals surface area contributed by atoms with Crippen molar-refractivity contribution in [2.75, 3.05) is 25.0 Å². The summed E-state index contributed by atoms with van der Waals surface area (Å²) in [5.74, 6) is 0.623. The van der Waals surface area contributed by atoms with Gasteiger partial charge in [0.2, 0.25) is 5.91 Å². The van der Waals surface area contributed by atoms with Crippen LogP contribution >= 0.6 is 0 Å². The summed E-state index contributed by atoms with van der Waals surface area (Å²) in [5, 5.41) is 7.24. The number of urea groups is 2. The second kappa shape index (κ2) is 8.57. The zero-order chi connectivity index (χ0) is 23.9. The van der Waals surface area contributed by atoms with Crippen molar-refractivity contribution in [2.45, 2.75) is 30.8 Å². The highest BCUT2D eigenvalue weighted by atomic mass is 16.2. The lowest BCUT2D eigenvalue weighted by atomic mass is 10.0. The molecule has 6 rings (SSSR count). The van der Waals surface area contributed by atoms with Crippen LogP contribution in [0.5, 0.6) is 0 Å². The Bertz CT molecular complexity index is 1260. The SMILES string of the molecule is O=C(Nc1ccnn1-c1ccccc1)N1CCN2C(=O)N([C@H]3C[C@@H]3c3ccccc3)C(=O)CC2C1. The van der Waals surface area contributed by atoms with E-state index < -0.39 is 0 Å². The third-order valence-corrected chi connectivity index (χ3v) is 7.10. The summed E-state index contributed by atoms with van der Waals surface area (Å²) in [6, 6.07) is 20.5. The number of carbonyl (C=O) groups excluding carboxylic acids is 3. The second-order valence-electron chi connectivity index (χ2n) is 9.26. The van der Waals surface area contributed by atoms with Gasteiger partial charge in [0.05, 0.1) is 17.9 Å². The van der Waals surface area contributed by atoms with Crippen molar-refractivity contribution < 1.29 is 14.4 Å². The molecule has 9 nitrogen and oxygen atoms in total. The Balaban J connectivity index is 1.11. The average Bonchev–Trinajstić information content (AvgIpc) is 3.53. The lowest BCUT2D eigenvalue weighted by molar-refractivity contribution is -0.134. The first-order chi connectivity index (χ1) is 17.1.